The van der Waals surface area contributed by atoms with Gasteiger partial charge in [0.05, 0.1) is 40.7 Å². The molecule has 0 saturated heterocycles. The summed E-state index contributed by atoms with van der Waals surface area (Å²) in [7, 11) is 1.56. The van der Waals surface area contributed by atoms with E-state index in [1.807, 2.05) is 37.3 Å². The van der Waals surface area contributed by atoms with Gasteiger partial charge in [-0.05, 0) is 67.1 Å². The minimum Gasteiger partial charge on any atom is -0.486 e. The number of hydrogen-bond donors (Lipinski definition) is 2. The van der Waals surface area contributed by atoms with Gasteiger partial charge in [0, 0.05) is 41.7 Å². The predicted octanol–water partition coefficient (Wildman–Crippen LogP) is 6.79. The molecule has 0 aliphatic rings. The van der Waals surface area contributed by atoms with E-state index < -0.39 is 11.8 Å². The third-order valence-electron chi connectivity index (χ3n) is 7.10. The number of aryl methyl sites for hydroxylation is 1. The first-order valence-corrected chi connectivity index (χ1v) is 15.3. The molecule has 254 valence electrons. The van der Waals surface area contributed by atoms with Crippen molar-refractivity contribution >= 4 is 88.5 Å². The van der Waals surface area contributed by atoms with Crippen molar-refractivity contribution < 1.29 is 19.1 Å². The summed E-state index contributed by atoms with van der Waals surface area (Å²) in [6.07, 6.45) is 6.25. The van der Waals surface area contributed by atoms with Gasteiger partial charge in [0.25, 0.3) is 5.91 Å². The van der Waals surface area contributed by atoms with Crippen LogP contribution >= 0.6 is 48.0 Å². The Kier molecular flexibility index (Phi) is 14.3. The van der Waals surface area contributed by atoms with Gasteiger partial charge >= 0.3 is 0 Å². The van der Waals surface area contributed by atoms with Crippen molar-refractivity contribution in [2.75, 3.05) is 18.5 Å². The number of ether oxygens (including phenoxy) is 1. The number of carbonyl (C=O) groups excluding carboxylic acids is 3. The average Bonchev–Trinajstić information content (AvgIpc) is 3.09. The monoisotopic (exact) mass is 740 g/mol. The van der Waals surface area contributed by atoms with Crippen molar-refractivity contribution in [2.24, 2.45) is 0 Å². The molecule has 0 saturated carbocycles. The molecule has 3 aromatic carbocycles. The van der Waals surface area contributed by atoms with Gasteiger partial charge in [0.1, 0.15) is 17.9 Å². The second-order valence-electron chi connectivity index (χ2n) is 10.4. The van der Waals surface area contributed by atoms with E-state index >= 15 is 0 Å². The number of carbonyl (C=O) groups is 3. The lowest BCUT2D eigenvalue weighted by molar-refractivity contribution is -0.122. The summed E-state index contributed by atoms with van der Waals surface area (Å²) in [5.41, 5.74) is 4.89. The number of aromatic nitrogens is 3. The van der Waals surface area contributed by atoms with E-state index in [2.05, 4.69) is 25.6 Å². The van der Waals surface area contributed by atoms with E-state index in [0.29, 0.717) is 50.7 Å². The van der Waals surface area contributed by atoms with Gasteiger partial charge in [-0.3, -0.25) is 24.4 Å². The molecular formula is C35H32Cl4N6O4. The number of hydrogen-bond acceptors (Lipinski definition) is 7. The SMILES string of the molecule is Cc1cnc2cccc(OCc3c(Cl)ccc(N(C)C(=O)CNC(=O)C=Cc4ccc(C(=O)NCc5ccccn5)cc4)c3Cl)c2n1.Cl.Cl. The van der Waals surface area contributed by atoms with Gasteiger partial charge in [0.15, 0.2) is 0 Å². The first-order valence-electron chi connectivity index (χ1n) is 14.5. The summed E-state index contributed by atoms with van der Waals surface area (Å²) in [6, 6.07) is 21.0. The number of rotatable bonds is 11. The zero-order valence-electron chi connectivity index (χ0n) is 26.4. The van der Waals surface area contributed by atoms with Crippen molar-refractivity contribution in [1.29, 1.82) is 0 Å². The fraction of sp³-hybridized carbons (Fsp3) is 0.143. The quantitative estimate of drug-likeness (QED) is 0.143. The molecule has 14 heteroatoms. The summed E-state index contributed by atoms with van der Waals surface area (Å²) in [5, 5.41) is 6.02. The predicted molar refractivity (Wildman–Crippen MR) is 197 cm³/mol. The van der Waals surface area contributed by atoms with Gasteiger partial charge in [-0.2, -0.15) is 0 Å². The highest BCUT2D eigenvalue weighted by Crippen LogP contribution is 2.35. The fourth-order valence-corrected chi connectivity index (χ4v) is 5.11. The van der Waals surface area contributed by atoms with Crippen LogP contribution in [0.5, 0.6) is 5.75 Å². The molecule has 0 bridgehead atoms. The summed E-state index contributed by atoms with van der Waals surface area (Å²) < 4.78 is 6.04. The van der Waals surface area contributed by atoms with Gasteiger partial charge < -0.3 is 20.3 Å². The molecule has 0 aliphatic heterocycles. The highest BCUT2D eigenvalue weighted by molar-refractivity contribution is 6.38. The van der Waals surface area contributed by atoms with Crippen LogP contribution in [0.3, 0.4) is 0 Å². The Morgan fingerprint density at radius 1 is 0.918 bits per heavy atom. The van der Waals surface area contributed by atoms with Crippen LogP contribution in [0.2, 0.25) is 10.0 Å². The van der Waals surface area contributed by atoms with Gasteiger partial charge in [0.2, 0.25) is 11.8 Å². The minimum absolute atomic E-state index is 0. The van der Waals surface area contributed by atoms with Crippen molar-refractivity contribution in [2.45, 2.75) is 20.1 Å². The third kappa shape index (κ3) is 10.1. The Morgan fingerprint density at radius 3 is 2.43 bits per heavy atom. The first kappa shape index (κ1) is 38.7. The number of benzene rings is 3. The van der Waals surface area contributed by atoms with E-state index in [1.54, 1.807) is 68.0 Å². The number of anilines is 1. The van der Waals surface area contributed by atoms with Crippen LogP contribution in [0.15, 0.2) is 91.3 Å². The van der Waals surface area contributed by atoms with Crippen LogP contribution in [0.4, 0.5) is 5.69 Å². The van der Waals surface area contributed by atoms with Crippen LogP contribution in [-0.2, 0) is 22.7 Å². The van der Waals surface area contributed by atoms with Crippen molar-refractivity contribution in [3.63, 3.8) is 0 Å². The van der Waals surface area contributed by atoms with Crippen LogP contribution < -0.4 is 20.3 Å². The second kappa shape index (κ2) is 18.1. The molecule has 2 N–H and O–H groups in total. The molecule has 10 nitrogen and oxygen atoms in total. The van der Waals surface area contributed by atoms with Crippen molar-refractivity contribution in [3.05, 3.63) is 129 Å². The zero-order valence-corrected chi connectivity index (χ0v) is 29.5. The summed E-state index contributed by atoms with van der Waals surface area (Å²) in [6.45, 7) is 1.92. The molecule has 5 aromatic rings. The third-order valence-corrected chi connectivity index (χ3v) is 7.88. The molecular weight excluding hydrogens is 710 g/mol. The maximum absolute atomic E-state index is 13.0. The summed E-state index contributed by atoms with van der Waals surface area (Å²) >= 11 is 13.2. The number of nitrogens with one attached hydrogen (secondary N) is 2. The molecule has 0 radical (unpaired) electrons. The van der Waals surface area contributed by atoms with Crippen LogP contribution in [0, 0.1) is 6.92 Å². The average molecular weight is 742 g/mol. The number of halogens is 4. The van der Waals surface area contributed by atoms with Crippen LogP contribution in [0.25, 0.3) is 17.1 Å². The Bertz CT molecular complexity index is 1960. The molecule has 0 unspecified atom stereocenters. The van der Waals surface area contributed by atoms with Gasteiger partial charge in [-0.15, -0.1) is 24.8 Å². The Morgan fingerprint density at radius 2 is 1.69 bits per heavy atom. The summed E-state index contributed by atoms with van der Waals surface area (Å²) in [4.78, 5) is 52.3. The molecule has 0 fully saturated rings. The number of para-hydroxylation sites is 1. The minimum atomic E-state index is -0.464. The molecule has 5 rings (SSSR count). The molecule has 3 amide bonds. The van der Waals surface area contributed by atoms with Crippen molar-refractivity contribution in [1.82, 2.24) is 25.6 Å². The van der Waals surface area contributed by atoms with E-state index in [4.69, 9.17) is 27.9 Å². The normalized spacial score (nSPS) is 10.5. The van der Waals surface area contributed by atoms with Gasteiger partial charge in [-0.1, -0.05) is 47.5 Å². The lowest BCUT2D eigenvalue weighted by Gasteiger charge is -2.21. The molecule has 0 aliphatic carbocycles. The fourth-order valence-electron chi connectivity index (χ4n) is 4.51. The smallest absolute Gasteiger partial charge is 0.251 e. The van der Waals surface area contributed by atoms with E-state index in [9.17, 15) is 14.4 Å². The number of amides is 3. The molecule has 0 spiro atoms. The van der Waals surface area contributed by atoms with Crippen LogP contribution in [-0.4, -0.2) is 46.3 Å². The maximum Gasteiger partial charge on any atom is 0.251 e. The number of pyridine rings is 1. The topological polar surface area (TPSA) is 126 Å². The maximum atomic E-state index is 13.0. The second-order valence-corrected chi connectivity index (χ2v) is 11.2. The van der Waals surface area contributed by atoms with E-state index in [1.165, 1.54) is 11.0 Å². The molecule has 49 heavy (non-hydrogen) atoms. The number of likely N-dealkylation sites (N-methyl/N-ethyl adjacent to an activating group) is 1. The standard InChI is InChI=1S/C35H30Cl2N6O4.2ClH/c1-22-18-39-28-7-5-8-30(34(28)42-22)47-21-26-27(36)14-15-29(33(26)37)43(2)32(45)20-40-31(44)16-11-23-9-12-24(13-10-23)35(46)41-19-25-6-3-4-17-38-25;;/h3-18H,19-21H2,1-2H3,(H,40,44)(H,41,46);2*1H. The van der Waals surface area contributed by atoms with E-state index in [-0.39, 0.29) is 48.9 Å². The molecule has 0 atom stereocenters. The summed E-state index contributed by atoms with van der Waals surface area (Å²) in [5.74, 6) is -0.575. The number of fused-ring (bicyclic) bond motifs is 1. The lowest BCUT2D eigenvalue weighted by atomic mass is 10.1. The Labute approximate surface area is 305 Å². The molecule has 2 aromatic heterocycles. The first-order chi connectivity index (χ1) is 22.7. The largest absolute Gasteiger partial charge is 0.486 e. The highest BCUT2D eigenvalue weighted by Gasteiger charge is 2.19. The Hall–Kier alpha value is -4.74. The highest BCUT2D eigenvalue weighted by atomic mass is 35.5. The van der Waals surface area contributed by atoms with Crippen LogP contribution in [0.1, 0.15) is 32.9 Å². The number of nitrogens with zero attached hydrogens (tertiary/aromatic N) is 4. The van der Waals surface area contributed by atoms with E-state index in [0.717, 1.165) is 11.4 Å². The zero-order chi connectivity index (χ0) is 33.3. The Balaban J connectivity index is 0.00000325. The van der Waals surface area contributed by atoms with Crippen molar-refractivity contribution in [3.8, 4) is 5.75 Å². The lowest BCUT2D eigenvalue weighted by Crippen LogP contribution is -2.37. The van der Waals surface area contributed by atoms with Gasteiger partial charge in [-0.25, -0.2) is 4.98 Å². The molecule has 2 heterocycles.